The van der Waals surface area contributed by atoms with Crippen molar-refractivity contribution >= 4 is 49.2 Å². The van der Waals surface area contributed by atoms with Gasteiger partial charge in [0.15, 0.2) is 0 Å². The first kappa shape index (κ1) is 17.2. The number of sulfonamides is 1. The van der Waals surface area contributed by atoms with E-state index in [2.05, 4.69) is 27.6 Å². The molecule has 1 aromatic rings. The summed E-state index contributed by atoms with van der Waals surface area (Å²) in [5, 5.41) is 1.43. The second-order valence-electron chi connectivity index (χ2n) is 4.37. The maximum absolute atomic E-state index is 12.1. The molecule has 0 saturated heterocycles. The lowest BCUT2D eigenvalue weighted by Crippen LogP contribution is -2.25. The first-order valence-electron chi connectivity index (χ1n) is 5.87. The molecule has 7 heteroatoms. The Balaban J connectivity index is 2.64. The summed E-state index contributed by atoms with van der Waals surface area (Å²) < 4.78 is 26.6. The molecule has 0 heterocycles. The van der Waals surface area contributed by atoms with E-state index in [-0.39, 0.29) is 9.92 Å². The van der Waals surface area contributed by atoms with Crippen molar-refractivity contribution in [2.75, 3.05) is 11.9 Å². The summed E-state index contributed by atoms with van der Waals surface area (Å²) in [5.41, 5.74) is 0. The first-order valence-corrected chi connectivity index (χ1v) is 9.23. The second kappa shape index (κ2) is 7.84. The predicted molar refractivity (Wildman–Crippen MR) is 83.8 cm³/mol. The van der Waals surface area contributed by atoms with E-state index in [9.17, 15) is 8.42 Å². The summed E-state index contributed by atoms with van der Waals surface area (Å²) in [4.78, 5) is 0.0233. The smallest absolute Gasteiger partial charge is 0.211 e. The Morgan fingerprint density at radius 3 is 2.68 bits per heavy atom. The number of rotatable bonds is 7. The summed E-state index contributed by atoms with van der Waals surface area (Å²) in [6, 6.07) is 4.39. The molecular formula is C12H16BrCl2NO2S. The van der Waals surface area contributed by atoms with Crippen molar-refractivity contribution in [2.45, 2.75) is 24.7 Å². The van der Waals surface area contributed by atoms with Gasteiger partial charge in [-0.3, -0.25) is 0 Å². The fourth-order valence-electron chi connectivity index (χ4n) is 1.50. The molecule has 0 bridgehead atoms. The van der Waals surface area contributed by atoms with E-state index in [0.717, 1.165) is 18.2 Å². The van der Waals surface area contributed by atoms with Gasteiger partial charge in [-0.05, 0) is 37.0 Å². The Kier molecular flexibility index (Phi) is 7.11. The van der Waals surface area contributed by atoms with Crippen LogP contribution in [0.25, 0.3) is 0 Å². The van der Waals surface area contributed by atoms with Gasteiger partial charge in [-0.2, -0.15) is 0 Å². The number of alkyl halides is 1. The maximum atomic E-state index is 12.1. The van der Waals surface area contributed by atoms with Crippen LogP contribution in [-0.2, 0) is 10.0 Å². The van der Waals surface area contributed by atoms with Gasteiger partial charge in [-0.1, -0.05) is 46.1 Å². The zero-order valence-corrected chi connectivity index (χ0v) is 14.4. The minimum Gasteiger partial charge on any atom is -0.211 e. The van der Waals surface area contributed by atoms with E-state index in [1.165, 1.54) is 12.1 Å². The van der Waals surface area contributed by atoms with Gasteiger partial charge in [0.05, 0.1) is 5.02 Å². The lowest BCUT2D eigenvalue weighted by molar-refractivity contribution is 0.546. The van der Waals surface area contributed by atoms with Gasteiger partial charge in [0.1, 0.15) is 4.90 Å². The van der Waals surface area contributed by atoms with Crippen LogP contribution in [0.3, 0.4) is 0 Å². The van der Waals surface area contributed by atoms with E-state index in [1.807, 2.05) is 0 Å². The van der Waals surface area contributed by atoms with Crippen molar-refractivity contribution in [3.63, 3.8) is 0 Å². The van der Waals surface area contributed by atoms with Crippen molar-refractivity contribution in [2.24, 2.45) is 5.92 Å². The largest absolute Gasteiger partial charge is 0.242 e. The number of hydrogen-bond donors (Lipinski definition) is 1. The molecule has 0 spiro atoms. The minimum atomic E-state index is -3.60. The fraction of sp³-hybridized carbons (Fsp3) is 0.500. The van der Waals surface area contributed by atoms with E-state index >= 15 is 0 Å². The number of halogens is 3. The molecule has 19 heavy (non-hydrogen) atoms. The summed E-state index contributed by atoms with van der Waals surface area (Å²) in [6.07, 6.45) is 1.74. The standard InChI is InChI=1S/C12H16BrCl2NO2S/c1-9(8-13)3-2-6-16-19(17,18)12-7-10(14)4-5-11(12)15/h4-5,7,9,16H,2-3,6,8H2,1H3. The summed E-state index contributed by atoms with van der Waals surface area (Å²) >= 11 is 15.1. The monoisotopic (exact) mass is 387 g/mol. The third kappa shape index (κ3) is 5.60. The highest BCUT2D eigenvalue weighted by molar-refractivity contribution is 9.09. The molecule has 1 N–H and O–H groups in total. The molecule has 1 atom stereocenters. The van der Waals surface area contributed by atoms with Crippen LogP contribution >= 0.6 is 39.1 Å². The molecule has 0 amide bonds. The van der Waals surface area contributed by atoms with Gasteiger partial charge in [0.2, 0.25) is 10.0 Å². The Bertz CT molecular complexity index is 522. The minimum absolute atomic E-state index is 0.0233. The molecule has 0 aromatic heterocycles. The Morgan fingerprint density at radius 2 is 2.05 bits per heavy atom. The fourth-order valence-corrected chi connectivity index (χ4v) is 3.65. The SMILES string of the molecule is CC(CBr)CCCNS(=O)(=O)c1cc(Cl)ccc1Cl. The molecule has 3 nitrogen and oxygen atoms in total. The Morgan fingerprint density at radius 1 is 1.37 bits per heavy atom. The summed E-state index contributed by atoms with van der Waals surface area (Å²) in [7, 11) is -3.60. The van der Waals surface area contributed by atoms with Crippen LogP contribution in [-0.4, -0.2) is 20.3 Å². The quantitative estimate of drug-likeness (QED) is 0.564. The van der Waals surface area contributed by atoms with Crippen LogP contribution in [0.1, 0.15) is 19.8 Å². The van der Waals surface area contributed by atoms with Gasteiger partial charge >= 0.3 is 0 Å². The number of nitrogens with one attached hydrogen (secondary N) is 1. The van der Waals surface area contributed by atoms with E-state index < -0.39 is 10.0 Å². The molecule has 108 valence electrons. The second-order valence-corrected chi connectivity index (χ2v) is 7.60. The molecule has 0 fully saturated rings. The summed E-state index contributed by atoms with van der Waals surface area (Å²) in [5.74, 6) is 0.527. The topological polar surface area (TPSA) is 46.2 Å². The van der Waals surface area contributed by atoms with Crippen molar-refractivity contribution in [1.29, 1.82) is 0 Å². The molecule has 0 aliphatic heterocycles. The lowest BCUT2D eigenvalue weighted by Gasteiger charge is -2.10. The van der Waals surface area contributed by atoms with Crippen LogP contribution in [0.5, 0.6) is 0 Å². The average Bonchev–Trinajstić information content (AvgIpc) is 2.37. The van der Waals surface area contributed by atoms with Crippen molar-refractivity contribution in [3.05, 3.63) is 28.2 Å². The van der Waals surface area contributed by atoms with Crippen molar-refractivity contribution in [3.8, 4) is 0 Å². The average molecular weight is 389 g/mol. The van der Waals surface area contributed by atoms with Gasteiger partial charge in [-0.25, -0.2) is 13.1 Å². The number of hydrogen-bond acceptors (Lipinski definition) is 2. The van der Waals surface area contributed by atoms with E-state index in [4.69, 9.17) is 23.2 Å². The van der Waals surface area contributed by atoms with Crippen LogP contribution in [0.4, 0.5) is 0 Å². The molecule has 0 radical (unpaired) electrons. The highest BCUT2D eigenvalue weighted by atomic mass is 79.9. The highest BCUT2D eigenvalue weighted by Gasteiger charge is 2.17. The van der Waals surface area contributed by atoms with Gasteiger partial charge in [-0.15, -0.1) is 0 Å². The Labute approximate surface area is 132 Å². The van der Waals surface area contributed by atoms with Gasteiger partial charge in [0, 0.05) is 16.9 Å². The van der Waals surface area contributed by atoms with Crippen LogP contribution in [0, 0.1) is 5.92 Å². The van der Waals surface area contributed by atoms with Gasteiger partial charge < -0.3 is 0 Å². The third-order valence-corrected chi connectivity index (χ3v) is 5.89. The predicted octanol–water partition coefficient (Wildman–Crippen LogP) is 4.08. The van der Waals surface area contributed by atoms with Crippen molar-refractivity contribution in [1.82, 2.24) is 4.72 Å². The molecular weight excluding hydrogens is 373 g/mol. The number of benzene rings is 1. The Hall–Kier alpha value is 0.190. The van der Waals surface area contributed by atoms with Crippen LogP contribution in [0.15, 0.2) is 23.1 Å². The van der Waals surface area contributed by atoms with Crippen LogP contribution in [0.2, 0.25) is 10.0 Å². The zero-order chi connectivity index (χ0) is 14.5. The molecule has 1 rings (SSSR count). The molecule has 0 saturated carbocycles. The highest BCUT2D eigenvalue weighted by Crippen LogP contribution is 2.24. The van der Waals surface area contributed by atoms with Crippen LogP contribution < -0.4 is 4.72 Å². The van der Waals surface area contributed by atoms with Gasteiger partial charge in [0.25, 0.3) is 0 Å². The maximum Gasteiger partial charge on any atom is 0.242 e. The lowest BCUT2D eigenvalue weighted by atomic mass is 10.1. The normalized spacial score (nSPS) is 13.5. The molecule has 1 aromatic carbocycles. The van der Waals surface area contributed by atoms with E-state index in [0.29, 0.717) is 17.5 Å². The zero-order valence-electron chi connectivity index (χ0n) is 10.5. The molecule has 0 aliphatic rings. The first-order chi connectivity index (χ1) is 8.86. The summed E-state index contributed by atoms with van der Waals surface area (Å²) in [6.45, 7) is 2.50. The van der Waals surface area contributed by atoms with E-state index in [1.54, 1.807) is 6.07 Å². The molecule has 0 aliphatic carbocycles. The third-order valence-electron chi connectivity index (χ3n) is 2.61. The van der Waals surface area contributed by atoms with Crippen molar-refractivity contribution < 1.29 is 8.42 Å². The molecule has 1 unspecified atom stereocenters.